The molecule has 0 radical (unpaired) electrons. The molecule has 2 N–H and O–H groups in total. The van der Waals surface area contributed by atoms with E-state index in [4.69, 9.17) is 0 Å². The predicted molar refractivity (Wildman–Crippen MR) is 99.6 cm³/mol. The first-order valence-electron chi connectivity index (χ1n) is 8.82. The van der Waals surface area contributed by atoms with Gasteiger partial charge < -0.3 is 10.2 Å². The lowest BCUT2D eigenvalue weighted by Crippen LogP contribution is -2.51. The van der Waals surface area contributed by atoms with E-state index in [0.29, 0.717) is 0 Å². The average Bonchev–Trinajstić information content (AvgIpc) is 2.52. The van der Waals surface area contributed by atoms with Gasteiger partial charge in [0, 0.05) is 11.8 Å². The van der Waals surface area contributed by atoms with Crippen LogP contribution >= 0.6 is 0 Å². The molecule has 0 aromatic heterocycles. The fourth-order valence-corrected chi connectivity index (χ4v) is 4.14. The first-order valence-corrected chi connectivity index (χ1v) is 8.82. The molecule has 0 spiro atoms. The Morgan fingerprint density at radius 3 is 1.27 bits per heavy atom. The maximum atomic E-state index is 11.9. The van der Waals surface area contributed by atoms with E-state index in [1.807, 2.05) is 64.1 Å². The zero-order valence-electron chi connectivity index (χ0n) is 15.5. The van der Waals surface area contributed by atoms with Crippen LogP contribution in [0, 0.1) is 39.5 Å². The summed E-state index contributed by atoms with van der Waals surface area (Å²) in [6.45, 7) is 8.00. The first kappa shape index (κ1) is 18.2. The predicted octanol–water partition coefficient (Wildman–Crippen LogP) is 4.20. The molecular weight excluding hydrogens is 328 g/mol. The lowest BCUT2D eigenvalue weighted by Gasteiger charge is -2.48. The zero-order chi connectivity index (χ0) is 19.2. The van der Waals surface area contributed by atoms with Gasteiger partial charge in [-0.25, -0.2) is 0 Å². The maximum absolute atomic E-state index is 11.9. The van der Waals surface area contributed by atoms with Gasteiger partial charge in [0.2, 0.25) is 0 Å². The van der Waals surface area contributed by atoms with Crippen LogP contribution in [-0.2, 0) is 9.59 Å². The van der Waals surface area contributed by atoms with Gasteiger partial charge in [-0.1, -0.05) is 36.4 Å². The number of hydrogen-bond donors (Lipinski definition) is 2. The summed E-state index contributed by atoms with van der Waals surface area (Å²) in [6, 6.07) is 11.8. The molecule has 4 nitrogen and oxygen atoms in total. The highest BCUT2D eigenvalue weighted by atomic mass is 16.4. The molecule has 2 aromatic carbocycles. The number of aliphatic carboxylic acids is 2. The molecule has 1 aliphatic rings. The number of carboxylic acids is 2. The van der Waals surface area contributed by atoms with Crippen LogP contribution in [0.3, 0.4) is 0 Å². The van der Waals surface area contributed by atoms with Crippen LogP contribution in [0.2, 0.25) is 0 Å². The van der Waals surface area contributed by atoms with Gasteiger partial charge in [0.15, 0.2) is 0 Å². The molecule has 1 aliphatic carbocycles. The molecular formula is C22H24O4. The molecule has 0 bridgehead atoms. The van der Waals surface area contributed by atoms with Gasteiger partial charge in [0.25, 0.3) is 0 Å². The van der Waals surface area contributed by atoms with E-state index < -0.39 is 23.8 Å². The highest BCUT2D eigenvalue weighted by Crippen LogP contribution is 2.58. The SMILES string of the molecule is Cc1ccc([C@H]2[C@H](C(=O)O)[C@H](C(=O)O)[C@@H]2c2ccc(C)c(C)c2)cc1C. The van der Waals surface area contributed by atoms with Crippen LogP contribution in [0.25, 0.3) is 0 Å². The topological polar surface area (TPSA) is 74.6 Å². The zero-order valence-corrected chi connectivity index (χ0v) is 15.5. The lowest BCUT2D eigenvalue weighted by atomic mass is 9.52. The summed E-state index contributed by atoms with van der Waals surface area (Å²) in [6.07, 6.45) is 0. The summed E-state index contributed by atoms with van der Waals surface area (Å²) in [7, 11) is 0. The molecule has 0 aliphatic heterocycles. The van der Waals surface area contributed by atoms with E-state index in [1.54, 1.807) is 0 Å². The Hall–Kier alpha value is -2.62. The van der Waals surface area contributed by atoms with E-state index in [1.165, 1.54) is 0 Å². The quantitative estimate of drug-likeness (QED) is 0.865. The third-order valence-corrected chi connectivity index (χ3v) is 5.95. The summed E-state index contributed by atoms with van der Waals surface area (Å²) in [4.78, 5) is 23.7. The number of benzene rings is 2. The van der Waals surface area contributed by atoms with Crippen molar-refractivity contribution in [1.29, 1.82) is 0 Å². The third kappa shape index (κ3) is 2.90. The summed E-state index contributed by atoms with van der Waals surface area (Å²) in [5, 5.41) is 19.4. The maximum Gasteiger partial charge on any atom is 0.308 e. The van der Waals surface area contributed by atoms with Crippen molar-refractivity contribution in [3.63, 3.8) is 0 Å². The first-order chi connectivity index (χ1) is 12.2. The highest BCUT2D eigenvalue weighted by Gasteiger charge is 2.58. The molecule has 0 saturated heterocycles. The minimum atomic E-state index is -1.04. The normalized spacial score (nSPS) is 24.8. The standard InChI is InChI=1S/C22H24O4/c1-11-5-7-15(9-13(11)3)17-18(16-8-6-12(2)14(4)10-16)20(22(25)26)19(17)21(23)24/h5-10,17-20H,1-4H3,(H,23,24)(H,25,26)/t17-,18-,19-,20+/m1/s1. The van der Waals surface area contributed by atoms with Crippen LogP contribution in [0.4, 0.5) is 0 Å². The van der Waals surface area contributed by atoms with Crippen molar-refractivity contribution >= 4 is 11.9 Å². The fourth-order valence-electron chi connectivity index (χ4n) is 4.14. The molecule has 3 rings (SSSR count). The van der Waals surface area contributed by atoms with Crippen molar-refractivity contribution in [3.8, 4) is 0 Å². The minimum absolute atomic E-state index is 0.338. The smallest absolute Gasteiger partial charge is 0.308 e. The van der Waals surface area contributed by atoms with E-state index >= 15 is 0 Å². The van der Waals surface area contributed by atoms with Gasteiger partial charge in [-0.15, -0.1) is 0 Å². The molecule has 1 saturated carbocycles. The molecule has 26 heavy (non-hydrogen) atoms. The van der Waals surface area contributed by atoms with E-state index in [0.717, 1.165) is 33.4 Å². The van der Waals surface area contributed by atoms with Crippen molar-refractivity contribution < 1.29 is 19.8 Å². The number of carboxylic acid groups (broad SMARTS) is 2. The van der Waals surface area contributed by atoms with Crippen LogP contribution in [-0.4, -0.2) is 22.2 Å². The molecule has 4 heteroatoms. The van der Waals surface area contributed by atoms with Crippen LogP contribution in [0.5, 0.6) is 0 Å². The second-order valence-electron chi connectivity index (χ2n) is 7.47. The average molecular weight is 352 g/mol. The third-order valence-electron chi connectivity index (χ3n) is 5.95. The van der Waals surface area contributed by atoms with Crippen LogP contribution < -0.4 is 0 Å². The Bertz CT molecular complexity index is 810. The molecule has 1 fully saturated rings. The Morgan fingerprint density at radius 2 is 1.00 bits per heavy atom. The minimum Gasteiger partial charge on any atom is -0.481 e. The van der Waals surface area contributed by atoms with Crippen LogP contribution in [0.15, 0.2) is 36.4 Å². The number of hydrogen-bond acceptors (Lipinski definition) is 2. The van der Waals surface area contributed by atoms with Crippen molar-refractivity contribution in [2.45, 2.75) is 39.5 Å². The van der Waals surface area contributed by atoms with E-state index in [2.05, 4.69) is 0 Å². The molecule has 2 aromatic rings. The van der Waals surface area contributed by atoms with Gasteiger partial charge in [-0.3, -0.25) is 9.59 Å². The summed E-state index contributed by atoms with van der Waals surface area (Å²) in [5.74, 6) is -4.59. The van der Waals surface area contributed by atoms with E-state index in [-0.39, 0.29) is 11.8 Å². The Labute approximate surface area is 153 Å². The van der Waals surface area contributed by atoms with Gasteiger partial charge in [0.05, 0.1) is 11.8 Å². The Balaban J connectivity index is 2.12. The van der Waals surface area contributed by atoms with Gasteiger partial charge >= 0.3 is 11.9 Å². The largest absolute Gasteiger partial charge is 0.481 e. The Morgan fingerprint density at radius 1 is 0.654 bits per heavy atom. The number of rotatable bonds is 4. The van der Waals surface area contributed by atoms with Crippen molar-refractivity contribution in [1.82, 2.24) is 0 Å². The van der Waals surface area contributed by atoms with Crippen molar-refractivity contribution in [2.75, 3.05) is 0 Å². The van der Waals surface area contributed by atoms with Crippen molar-refractivity contribution in [2.24, 2.45) is 11.8 Å². The van der Waals surface area contributed by atoms with Gasteiger partial charge in [-0.05, 0) is 61.1 Å². The van der Waals surface area contributed by atoms with Gasteiger partial charge in [-0.2, -0.15) is 0 Å². The molecule has 0 unspecified atom stereocenters. The number of carbonyl (C=O) groups is 2. The summed E-state index contributed by atoms with van der Waals surface area (Å²) in [5.41, 5.74) is 6.26. The summed E-state index contributed by atoms with van der Waals surface area (Å²) >= 11 is 0. The van der Waals surface area contributed by atoms with Crippen LogP contribution in [0.1, 0.15) is 45.2 Å². The fraction of sp³-hybridized carbons (Fsp3) is 0.364. The van der Waals surface area contributed by atoms with E-state index in [9.17, 15) is 19.8 Å². The lowest BCUT2D eigenvalue weighted by molar-refractivity contribution is -0.164. The monoisotopic (exact) mass is 352 g/mol. The summed E-state index contributed by atoms with van der Waals surface area (Å²) < 4.78 is 0. The second-order valence-corrected chi connectivity index (χ2v) is 7.47. The van der Waals surface area contributed by atoms with Gasteiger partial charge in [0.1, 0.15) is 0 Å². The Kier molecular flexibility index (Phi) is 4.61. The molecule has 136 valence electrons. The highest BCUT2D eigenvalue weighted by molar-refractivity contribution is 5.85. The molecule has 0 heterocycles. The van der Waals surface area contributed by atoms with Crippen molar-refractivity contribution in [3.05, 3.63) is 69.8 Å². The second kappa shape index (κ2) is 6.60. The number of aryl methyl sites for hydroxylation is 4. The molecule has 0 amide bonds. The molecule has 4 atom stereocenters.